The minimum Gasteiger partial charge on any atom is -0.510 e. The van der Waals surface area contributed by atoms with E-state index < -0.39 is 224 Å². The molecule has 0 unspecified atom stereocenters. The summed E-state index contributed by atoms with van der Waals surface area (Å²) in [5, 5.41) is 1.48. The second-order valence-corrected chi connectivity index (χ2v) is 21.0. The van der Waals surface area contributed by atoms with Crippen LogP contribution in [0.2, 0.25) is 0 Å². The third-order valence-electron chi connectivity index (χ3n) is 14.4. The van der Waals surface area contributed by atoms with E-state index in [1.54, 1.807) is 18.3 Å². The van der Waals surface area contributed by atoms with Crippen LogP contribution < -0.4 is 9.30 Å². The van der Waals surface area contributed by atoms with E-state index in [0.717, 1.165) is 68.1 Å². The number of benzene rings is 8. The van der Waals surface area contributed by atoms with Crippen molar-refractivity contribution in [2.75, 3.05) is 0 Å². The van der Waals surface area contributed by atoms with Gasteiger partial charge in [-0.05, 0) is 174 Å². The number of nitrogens with zero attached hydrogens (tertiary/aromatic N) is 4. The second-order valence-electron chi connectivity index (χ2n) is 21.0. The van der Waals surface area contributed by atoms with Gasteiger partial charge in [0.05, 0.1) is 24.9 Å². The number of rotatable bonds is 8. The number of aromatic nitrogens is 4. The molecule has 0 fully saturated rings. The van der Waals surface area contributed by atoms with Crippen LogP contribution in [0.5, 0.6) is 11.5 Å². The SMILES string of the molecule is [2H]c1c([2H])c2c(c([2H])c1-c1cccc(-c3c([2H])c([2H])c4c(c3[2H])C(C([2H])([2H])[2H])(C([2H])([2H])[2H])C([2H])([2H])C([2H])([2H])C4(C([2H])([2H])[2H])C([2H])([2H])[2H])c1-[n+]1[c-]n(-c3[c-]c(Oc4[c-]c5c(cc4)c4ccccc4n5-c4cc(C(C)(C)C)ccn4)ccc3)c3ccc(-c4c(C([2H])([2H])[2H])cccc4C([2H])([2H])[2H])cc31)C(C([2H])([2H])[2H])(C([2H])([2H])[2H])C([2H])([2H])C([2H])([2H])C2(C([2H])([2H])[2H])C([2H])([2H])[2H].[Pt]. The normalized spacial score (nSPS) is 27.8. The molecule has 0 atom stereocenters. The Labute approximate surface area is 562 Å². The predicted molar refractivity (Wildman–Crippen MR) is 335 cm³/mol. The zero-order valence-electron chi connectivity index (χ0n) is 87.6. The zero-order valence-corrected chi connectivity index (χ0v) is 45.9. The quantitative estimate of drug-likeness (QED) is 0.112. The minimum absolute atomic E-state index is 0. The van der Waals surface area contributed by atoms with Crippen molar-refractivity contribution in [1.29, 1.82) is 0 Å². The summed E-state index contributed by atoms with van der Waals surface area (Å²) < 4.78 is 420. The Bertz CT molecular complexity index is 6000. The largest absolute Gasteiger partial charge is 0.510 e. The maximum Gasteiger partial charge on any atom is 0.268 e. The molecule has 0 saturated heterocycles. The summed E-state index contributed by atoms with van der Waals surface area (Å²) >= 11 is 0. The van der Waals surface area contributed by atoms with Crippen LogP contribution in [-0.2, 0) is 48.1 Å². The second kappa shape index (κ2) is 19.9. The standard InChI is InChI=1S/C76H74N4O.Pt/c1-48-19-16-20-49(2)70(48)52-29-34-66-68(43-52)79(47-78(66)54-21-17-22-55(45-54)81-56-30-31-60-59-23-14-15-26-65(59)80(67(60)46-56)69-44-53(35-40-77-69)72(3,4)5)71-57(50-27-32-61-63(41-50)75(10,11)38-36-73(61,6)7)24-18-25-58(71)51-28-33-62-64(42-51)76(12,13)39-37-74(62,8)9;/h14-35,40-44H,36-39H2,1-13H3;/q-2;/i1D3,2D3,6D3,7D3,8D3,9D3,10D3,11D3,12D3,13D3,27D,28D,32D,33D,36D2,37D2,38D2,39D2,41D,42D;. The summed E-state index contributed by atoms with van der Waals surface area (Å²) in [6, 6.07) is 23.0. The molecule has 0 bridgehead atoms. The van der Waals surface area contributed by atoms with E-state index >= 15 is 0 Å². The monoisotopic (exact) mass is 1300 g/mol. The Kier molecular flexibility index (Phi) is 5.86. The molecule has 6 heteroatoms. The van der Waals surface area contributed by atoms with Crippen molar-refractivity contribution < 1.29 is 90.7 Å². The zero-order chi connectivity index (χ0) is 93.9. The molecule has 3 aromatic heterocycles. The number of hydrogen-bond acceptors (Lipinski definition) is 2. The molecule has 13 rings (SSSR count). The van der Waals surface area contributed by atoms with E-state index in [1.807, 2.05) is 61.7 Å². The van der Waals surface area contributed by atoms with Gasteiger partial charge in [-0.3, -0.25) is 4.57 Å². The van der Waals surface area contributed by atoms with Gasteiger partial charge in [0.25, 0.3) is 6.33 Å². The van der Waals surface area contributed by atoms with E-state index in [1.165, 1.54) is 30.3 Å². The Morgan fingerprint density at radius 2 is 1.21 bits per heavy atom. The summed E-state index contributed by atoms with van der Waals surface area (Å²) in [7, 11) is 0. The molecular weight excluding hydrogens is 1180 g/mol. The van der Waals surface area contributed by atoms with Gasteiger partial charge in [0.2, 0.25) is 0 Å². The topological polar surface area (TPSA) is 35.9 Å². The van der Waals surface area contributed by atoms with Gasteiger partial charge in [-0.2, -0.15) is 18.2 Å². The smallest absolute Gasteiger partial charge is 0.268 e. The number of pyridine rings is 1. The molecule has 3 heterocycles. The number of ether oxygens (including phenoxy) is 1. The Morgan fingerprint density at radius 1 is 0.598 bits per heavy atom. The van der Waals surface area contributed by atoms with Gasteiger partial charge in [-0.25, -0.2) is 4.98 Å². The molecular formula is C76H74N4OPt-2. The average molecular weight is 1300 g/mol. The van der Waals surface area contributed by atoms with Gasteiger partial charge in [0.15, 0.2) is 0 Å². The summed E-state index contributed by atoms with van der Waals surface area (Å²) in [6.45, 7) is -37.6. The fraction of sp³-hybridized carbons (Fsp3) is 0.289. The first-order valence-electron chi connectivity index (χ1n) is 47.3. The molecule has 0 radical (unpaired) electrons. The van der Waals surface area contributed by atoms with Crippen LogP contribution in [0.4, 0.5) is 0 Å². The molecule has 0 amide bonds. The number of aryl methyl sites for hydroxylation is 2. The average Bonchev–Trinajstić information content (AvgIpc) is 0.698. The first kappa shape index (κ1) is 24.1. The molecule has 2 aliphatic carbocycles. The van der Waals surface area contributed by atoms with Crippen LogP contribution in [0.25, 0.3) is 83.4 Å². The fourth-order valence-corrected chi connectivity index (χ4v) is 10.4. The molecule has 5 nitrogen and oxygen atoms in total. The van der Waals surface area contributed by atoms with Gasteiger partial charge in [-0.15, -0.1) is 29.7 Å². The van der Waals surface area contributed by atoms with Crippen molar-refractivity contribution in [3.63, 3.8) is 0 Å². The van der Waals surface area contributed by atoms with Crippen LogP contribution >= 0.6 is 0 Å². The molecule has 416 valence electrons. The van der Waals surface area contributed by atoms with Crippen LogP contribution in [0.15, 0.2) is 164 Å². The van der Waals surface area contributed by atoms with Crippen LogP contribution in [0, 0.1) is 32.2 Å². The number of imidazole rings is 1. The Morgan fingerprint density at radius 3 is 1.84 bits per heavy atom. The van der Waals surface area contributed by atoms with Crippen LogP contribution in [-0.4, -0.2) is 14.1 Å². The van der Waals surface area contributed by atoms with Gasteiger partial charge in [0.1, 0.15) is 5.82 Å². The molecule has 0 saturated carbocycles. The number of para-hydroxylation sites is 2. The fourth-order valence-electron chi connectivity index (χ4n) is 10.4. The third kappa shape index (κ3) is 9.36. The van der Waals surface area contributed by atoms with Crippen molar-refractivity contribution >= 4 is 32.8 Å². The molecule has 11 aromatic rings. The Balaban J connectivity index is 0.0000144. The molecule has 0 aliphatic heterocycles. The molecule has 82 heavy (non-hydrogen) atoms. The maximum absolute atomic E-state index is 10.6. The molecule has 0 N–H and O–H groups in total. The van der Waals surface area contributed by atoms with Crippen molar-refractivity contribution in [2.24, 2.45) is 0 Å². The van der Waals surface area contributed by atoms with E-state index in [9.17, 15) is 35.6 Å². The summed E-state index contributed by atoms with van der Waals surface area (Å²) in [4.78, 5) is 4.74. The first-order valence-corrected chi connectivity index (χ1v) is 25.3. The summed E-state index contributed by atoms with van der Waals surface area (Å²) in [5.74, 6) is 0.375. The minimum atomic E-state index is -4.97. The summed E-state index contributed by atoms with van der Waals surface area (Å²) in [6.07, 6.45) is -15.1. The number of fused-ring (bicyclic) bond motifs is 6. The number of hydrogen-bond donors (Lipinski definition) is 0. The van der Waals surface area contributed by atoms with Crippen molar-refractivity contribution in [2.45, 2.75) is 142 Å². The molecule has 2 aliphatic rings. The predicted octanol–water partition coefficient (Wildman–Crippen LogP) is 19.2. The molecule has 0 spiro atoms. The molecule has 8 aromatic carbocycles. The van der Waals surface area contributed by atoms with Crippen molar-refractivity contribution in [3.8, 4) is 62.1 Å². The van der Waals surface area contributed by atoms with Gasteiger partial charge in [-0.1, -0.05) is 184 Å². The van der Waals surface area contributed by atoms with Crippen LogP contribution in [0.1, 0.15) is 200 Å². The van der Waals surface area contributed by atoms with E-state index in [2.05, 4.69) is 18.5 Å². The van der Waals surface area contributed by atoms with E-state index in [4.69, 9.17) is 34.4 Å². The van der Waals surface area contributed by atoms with Crippen molar-refractivity contribution in [1.82, 2.24) is 14.1 Å². The van der Waals surface area contributed by atoms with Crippen LogP contribution in [0.3, 0.4) is 0 Å². The Hall–Kier alpha value is -7.33. The maximum atomic E-state index is 10.6. The van der Waals surface area contributed by atoms with Crippen molar-refractivity contribution in [3.05, 3.63) is 221 Å². The van der Waals surface area contributed by atoms with E-state index in [-0.39, 0.29) is 54.7 Å². The third-order valence-corrected chi connectivity index (χ3v) is 14.4. The first-order chi connectivity index (χ1) is 56.6. The van der Waals surface area contributed by atoms with Gasteiger partial charge in [0, 0.05) is 96.4 Å². The van der Waals surface area contributed by atoms with Gasteiger partial charge >= 0.3 is 0 Å². The van der Waals surface area contributed by atoms with E-state index in [0.29, 0.717) is 16.7 Å². The summed E-state index contributed by atoms with van der Waals surface area (Å²) in [5.41, 5.74) is -35.0. The van der Waals surface area contributed by atoms with Gasteiger partial charge < -0.3 is 13.9 Å².